The maximum absolute atomic E-state index is 12.2. The topological polar surface area (TPSA) is 17.1 Å². The Morgan fingerprint density at radius 2 is 1.55 bits per heavy atom. The number of benzene rings is 2. The number of hydrogen-bond acceptors (Lipinski definition) is 2. The Morgan fingerprint density at radius 1 is 1.00 bits per heavy atom. The van der Waals surface area contributed by atoms with Gasteiger partial charge in [0.15, 0.2) is 5.78 Å². The van der Waals surface area contributed by atoms with Crippen LogP contribution in [0, 0.1) is 6.92 Å². The third-order valence-electron chi connectivity index (χ3n) is 3.51. The van der Waals surface area contributed by atoms with E-state index in [9.17, 15) is 4.79 Å². The molecule has 0 radical (unpaired) electrons. The monoisotopic (exact) mass is 326 g/mol. The first-order chi connectivity index (χ1) is 10.6. The summed E-state index contributed by atoms with van der Waals surface area (Å²) in [6.45, 7) is 3.65. The average molecular weight is 326 g/mol. The minimum atomic E-state index is 0.0577. The van der Waals surface area contributed by atoms with Crippen LogP contribution in [0.4, 0.5) is 0 Å². The molecule has 0 saturated carbocycles. The molecule has 2 aromatic carbocycles. The molecule has 0 N–H and O–H groups in total. The maximum atomic E-state index is 12.2. The number of hydrogen-bond donors (Lipinski definition) is 0. The quantitative estimate of drug-likeness (QED) is 0.327. The Kier molecular flexibility index (Phi) is 5.76. The van der Waals surface area contributed by atoms with Gasteiger partial charge in [-0.2, -0.15) is 0 Å². The molecule has 0 spiro atoms. The van der Waals surface area contributed by atoms with Gasteiger partial charge in [-0.3, -0.25) is 4.79 Å². The summed E-state index contributed by atoms with van der Waals surface area (Å²) in [7, 11) is 3.48. The van der Waals surface area contributed by atoms with Gasteiger partial charge in [-0.05, 0) is 54.7 Å². The third-order valence-corrected chi connectivity index (χ3v) is 4.54. The van der Waals surface area contributed by atoms with Crippen molar-refractivity contribution in [3.63, 3.8) is 0 Å². The van der Waals surface area contributed by atoms with Crippen LogP contribution < -0.4 is 0 Å². The van der Waals surface area contributed by atoms with Gasteiger partial charge in [0.1, 0.15) is 0 Å². The Bertz CT molecular complexity index is 712. The number of allylic oxidation sites excluding steroid dienone is 2. The predicted molar refractivity (Wildman–Crippen MR) is 101 cm³/mol. The van der Waals surface area contributed by atoms with Crippen molar-refractivity contribution >= 4 is 43.4 Å². The molecule has 0 saturated heterocycles. The van der Waals surface area contributed by atoms with Gasteiger partial charge in [0.05, 0.1) is 0 Å². The Labute approximate surface area is 138 Å². The molecule has 2 rings (SSSR count). The van der Waals surface area contributed by atoms with Crippen LogP contribution in [0.1, 0.15) is 23.6 Å². The highest BCUT2D eigenvalue weighted by molar-refractivity contribution is 7.98. The van der Waals surface area contributed by atoms with E-state index in [0.29, 0.717) is 0 Å². The van der Waals surface area contributed by atoms with Gasteiger partial charge in [0.2, 0.25) is 0 Å². The van der Waals surface area contributed by atoms with Crippen molar-refractivity contribution < 1.29 is 4.79 Å². The zero-order valence-electron chi connectivity index (χ0n) is 13.0. The van der Waals surface area contributed by atoms with Crippen LogP contribution in [0.5, 0.6) is 0 Å². The van der Waals surface area contributed by atoms with Crippen LogP contribution >= 0.6 is 20.6 Å². The van der Waals surface area contributed by atoms with Crippen LogP contribution in [0.2, 0.25) is 0 Å². The standard InChI is InChI=1S/C19H19OPS/c1-13-4-6-16(7-5-13)19(14(2)20)18(12-21)15-8-10-17(22-3)11-9-15/h4-12,21H,1-3H3/b19-18-. The molecule has 3 heteroatoms. The van der Waals surface area contributed by atoms with E-state index in [2.05, 4.69) is 39.4 Å². The molecule has 22 heavy (non-hydrogen) atoms. The summed E-state index contributed by atoms with van der Waals surface area (Å²) in [6.07, 6.45) is 2.05. The second kappa shape index (κ2) is 7.58. The fourth-order valence-electron chi connectivity index (χ4n) is 2.34. The van der Waals surface area contributed by atoms with Crippen molar-refractivity contribution in [3.05, 3.63) is 65.2 Å². The van der Waals surface area contributed by atoms with Gasteiger partial charge < -0.3 is 0 Å². The minimum absolute atomic E-state index is 0.0577. The van der Waals surface area contributed by atoms with Crippen molar-refractivity contribution in [1.82, 2.24) is 0 Å². The molecule has 1 nitrogen and oxygen atoms in total. The lowest BCUT2D eigenvalue weighted by atomic mass is 9.93. The highest BCUT2D eigenvalue weighted by Gasteiger charge is 2.14. The molecule has 0 unspecified atom stereocenters. The Morgan fingerprint density at radius 3 is 2.00 bits per heavy atom. The molecule has 0 fully saturated rings. The van der Waals surface area contributed by atoms with Gasteiger partial charge >= 0.3 is 0 Å². The molecular formula is C19H19OPS. The summed E-state index contributed by atoms with van der Waals surface area (Å²) in [6, 6.07) is 16.3. The van der Waals surface area contributed by atoms with Crippen molar-refractivity contribution in [2.45, 2.75) is 18.7 Å². The van der Waals surface area contributed by atoms with Crippen LogP contribution in [-0.2, 0) is 4.79 Å². The van der Waals surface area contributed by atoms with Gasteiger partial charge in [0.25, 0.3) is 0 Å². The molecule has 0 heterocycles. The van der Waals surface area contributed by atoms with Crippen LogP contribution in [0.25, 0.3) is 11.1 Å². The molecule has 2 aromatic rings. The molecule has 0 bridgehead atoms. The van der Waals surface area contributed by atoms with Gasteiger partial charge in [-0.25, -0.2) is 0 Å². The number of Topliss-reactive ketones (excluding diaryl/α,β-unsaturated/α-hetero) is 1. The fourth-order valence-corrected chi connectivity index (χ4v) is 3.06. The first-order valence-electron chi connectivity index (χ1n) is 7.04. The largest absolute Gasteiger partial charge is 0.294 e. The van der Waals surface area contributed by atoms with E-state index >= 15 is 0 Å². The first kappa shape index (κ1) is 16.7. The van der Waals surface area contributed by atoms with Gasteiger partial charge in [0, 0.05) is 10.5 Å². The second-order valence-electron chi connectivity index (χ2n) is 5.08. The molecule has 0 aliphatic carbocycles. The minimum Gasteiger partial charge on any atom is -0.294 e. The SMILES string of the molecule is CSc1ccc(/C(C=P)=C(/C(C)=O)c2ccc(C)cc2)cc1. The summed E-state index contributed by atoms with van der Waals surface area (Å²) in [5, 5.41) is 0. The maximum Gasteiger partial charge on any atom is 0.161 e. The highest BCUT2D eigenvalue weighted by atomic mass is 32.2. The lowest BCUT2D eigenvalue weighted by molar-refractivity contribution is -0.111. The van der Waals surface area contributed by atoms with E-state index in [4.69, 9.17) is 0 Å². The van der Waals surface area contributed by atoms with E-state index < -0.39 is 0 Å². The third kappa shape index (κ3) is 3.76. The zero-order chi connectivity index (χ0) is 16.1. The molecule has 0 aliphatic rings. The van der Waals surface area contributed by atoms with Crippen molar-refractivity contribution in [2.24, 2.45) is 0 Å². The molecule has 0 atom stereocenters. The van der Waals surface area contributed by atoms with E-state index in [-0.39, 0.29) is 5.78 Å². The molecule has 0 aliphatic heterocycles. The zero-order valence-corrected chi connectivity index (χ0v) is 14.8. The summed E-state index contributed by atoms with van der Waals surface area (Å²) in [5.74, 6) is 1.88. The first-order valence-corrected chi connectivity index (χ1v) is 8.84. The summed E-state index contributed by atoms with van der Waals surface area (Å²) in [4.78, 5) is 13.4. The lowest BCUT2D eigenvalue weighted by Crippen LogP contribution is -2.01. The number of carbonyl (C=O) groups excluding carboxylic acids is 1. The van der Waals surface area contributed by atoms with Crippen molar-refractivity contribution in [2.75, 3.05) is 6.26 Å². The van der Waals surface area contributed by atoms with E-state index in [1.165, 1.54) is 10.5 Å². The molecule has 0 amide bonds. The highest BCUT2D eigenvalue weighted by Crippen LogP contribution is 2.28. The van der Waals surface area contributed by atoms with E-state index in [1.54, 1.807) is 18.7 Å². The number of thioether (sulfide) groups is 1. The van der Waals surface area contributed by atoms with Gasteiger partial charge in [-0.15, -0.1) is 20.6 Å². The molecular weight excluding hydrogens is 307 g/mol. The molecule has 0 aromatic heterocycles. The van der Waals surface area contributed by atoms with Crippen LogP contribution in [-0.4, -0.2) is 17.8 Å². The van der Waals surface area contributed by atoms with Crippen LogP contribution in [0.3, 0.4) is 0 Å². The Hall–Kier alpha value is -1.63. The van der Waals surface area contributed by atoms with Gasteiger partial charge in [-0.1, -0.05) is 42.0 Å². The number of carbonyl (C=O) groups is 1. The number of ketones is 1. The fraction of sp³-hybridized carbons (Fsp3) is 0.158. The second-order valence-corrected chi connectivity index (χ2v) is 6.25. The molecule has 112 valence electrons. The Balaban J connectivity index is 2.61. The summed E-state index contributed by atoms with van der Waals surface area (Å²) >= 11 is 1.70. The van der Waals surface area contributed by atoms with Crippen molar-refractivity contribution in [3.8, 4) is 0 Å². The summed E-state index contributed by atoms with van der Waals surface area (Å²) in [5.41, 5.74) is 4.78. The van der Waals surface area contributed by atoms with E-state index in [0.717, 1.165) is 22.3 Å². The van der Waals surface area contributed by atoms with E-state index in [1.807, 2.05) is 37.0 Å². The normalized spacial score (nSPS) is 11.8. The predicted octanol–water partition coefficient (Wildman–Crippen LogP) is 5.16. The van der Waals surface area contributed by atoms with Crippen molar-refractivity contribution in [1.29, 1.82) is 0 Å². The smallest absolute Gasteiger partial charge is 0.161 e. The number of rotatable bonds is 5. The average Bonchev–Trinajstić information content (AvgIpc) is 2.53. The summed E-state index contributed by atoms with van der Waals surface area (Å²) < 4.78 is 0. The number of aryl methyl sites for hydroxylation is 1. The van der Waals surface area contributed by atoms with Crippen LogP contribution in [0.15, 0.2) is 53.4 Å². The lowest BCUT2D eigenvalue weighted by Gasteiger charge is -2.12.